The number of aliphatic carboxylic acids is 1. The van der Waals surface area contributed by atoms with Crippen LogP contribution in [0.2, 0.25) is 0 Å². The molecule has 0 unspecified atom stereocenters. The average molecular weight is 851 g/mol. The largest absolute Gasteiger partial charge is 0.480 e. The SMILES string of the molecule is CC(C)C[C@H](N)C(=O)N[C@@H](CO)C(=O)N[C@@H](CCC(N)=O)C(=O)N[C@@H](CCCCN)C(=O)N[C@@H](Cc1ccccc1)C(=O)N[C@H](C(=O)N[C@@H](CCCCN)C(=O)O)[C@@H](C)O. The number of benzene rings is 1. The number of hydrogen-bond acceptors (Lipinski definition) is 13. The monoisotopic (exact) mass is 850 g/mol. The van der Waals surface area contributed by atoms with Crippen molar-refractivity contribution in [3.05, 3.63) is 35.9 Å². The Bertz CT molecular complexity index is 1550. The fourth-order valence-corrected chi connectivity index (χ4v) is 5.95. The number of nitrogens with one attached hydrogen (secondary N) is 6. The molecule has 0 heterocycles. The van der Waals surface area contributed by atoms with E-state index in [-0.39, 0.29) is 51.0 Å². The lowest BCUT2D eigenvalue weighted by Gasteiger charge is -2.28. The molecule has 0 fully saturated rings. The molecule has 21 nitrogen and oxygen atoms in total. The zero-order valence-electron chi connectivity index (χ0n) is 34.7. The molecule has 0 aromatic heterocycles. The van der Waals surface area contributed by atoms with Gasteiger partial charge in [-0.25, -0.2) is 4.79 Å². The number of nitrogens with two attached hydrogens (primary N) is 4. The maximum Gasteiger partial charge on any atom is 0.326 e. The van der Waals surface area contributed by atoms with Crippen LogP contribution >= 0.6 is 0 Å². The van der Waals surface area contributed by atoms with Gasteiger partial charge in [-0.05, 0) is 82.9 Å². The second-order valence-electron chi connectivity index (χ2n) is 15.1. The van der Waals surface area contributed by atoms with Crippen molar-refractivity contribution in [2.24, 2.45) is 28.9 Å². The molecule has 0 bridgehead atoms. The first-order valence-electron chi connectivity index (χ1n) is 20.2. The Balaban J connectivity index is 3.41. The molecule has 8 atom stereocenters. The lowest BCUT2D eigenvalue weighted by atomic mass is 10.0. The van der Waals surface area contributed by atoms with Crippen molar-refractivity contribution in [1.82, 2.24) is 31.9 Å². The van der Waals surface area contributed by atoms with E-state index in [1.54, 1.807) is 30.3 Å². The Hall–Kier alpha value is -5.22. The third-order valence-electron chi connectivity index (χ3n) is 9.31. The standard InChI is InChI=1S/C39H66N10O11/c1-22(2)19-25(42)33(53)48-30(21-50)37(57)45-27(15-16-31(43)52)35(55)44-26(13-7-9-17-40)34(54)47-29(20-24-11-5-4-6-12-24)36(56)49-32(23(3)51)38(58)46-28(39(59)60)14-8-10-18-41/h4-6,11-12,22-23,25-30,32,50-51H,7-10,13-21,40-42H2,1-3H3,(H2,43,52)(H,44,55)(H,45,57)(H,46,58)(H,47,54)(H,48,53)(H,49,56)(H,59,60)/t23-,25+,26+,27+,28+,29+,30+,32+/m1/s1. The second kappa shape index (κ2) is 28.3. The number of amides is 7. The molecule has 0 aliphatic carbocycles. The van der Waals surface area contributed by atoms with Gasteiger partial charge in [0.05, 0.1) is 18.8 Å². The highest BCUT2D eigenvalue weighted by atomic mass is 16.4. The first kappa shape index (κ1) is 52.8. The van der Waals surface area contributed by atoms with Crippen molar-refractivity contribution in [2.75, 3.05) is 19.7 Å². The molecule has 0 saturated heterocycles. The van der Waals surface area contributed by atoms with Crippen LogP contribution in [0, 0.1) is 5.92 Å². The lowest BCUT2D eigenvalue weighted by molar-refractivity contribution is -0.143. The molecule has 60 heavy (non-hydrogen) atoms. The number of carboxylic acid groups (broad SMARTS) is 1. The van der Waals surface area contributed by atoms with E-state index in [4.69, 9.17) is 22.9 Å². The van der Waals surface area contributed by atoms with Crippen LogP contribution in [0.5, 0.6) is 0 Å². The van der Waals surface area contributed by atoms with Crippen LogP contribution in [0.1, 0.15) is 84.1 Å². The van der Waals surface area contributed by atoms with Crippen LogP contribution in [0.4, 0.5) is 0 Å². The summed E-state index contributed by atoms with van der Waals surface area (Å²) < 4.78 is 0. The summed E-state index contributed by atoms with van der Waals surface area (Å²) in [6.45, 7) is 4.59. The number of carbonyl (C=O) groups is 8. The summed E-state index contributed by atoms with van der Waals surface area (Å²) in [5.74, 6) is -7.50. The van der Waals surface area contributed by atoms with E-state index in [0.717, 1.165) is 0 Å². The normalized spacial score (nSPS) is 15.2. The Labute approximate surface area is 350 Å². The summed E-state index contributed by atoms with van der Waals surface area (Å²) in [4.78, 5) is 104. The van der Waals surface area contributed by atoms with Crippen molar-refractivity contribution >= 4 is 47.3 Å². The summed E-state index contributed by atoms with van der Waals surface area (Å²) in [5, 5.41) is 44.7. The van der Waals surface area contributed by atoms with E-state index >= 15 is 0 Å². The molecule has 0 aliphatic rings. The number of primary amides is 1. The zero-order valence-corrected chi connectivity index (χ0v) is 34.7. The zero-order chi connectivity index (χ0) is 45.4. The number of unbranched alkanes of at least 4 members (excludes halogenated alkanes) is 2. The minimum absolute atomic E-state index is 0.00651. The van der Waals surface area contributed by atoms with Crippen molar-refractivity contribution in [3.8, 4) is 0 Å². The Morgan fingerprint density at radius 2 is 1.08 bits per heavy atom. The van der Waals surface area contributed by atoms with Crippen molar-refractivity contribution in [1.29, 1.82) is 0 Å². The average Bonchev–Trinajstić information content (AvgIpc) is 3.18. The molecule has 17 N–H and O–H groups in total. The number of aliphatic hydroxyl groups is 2. The van der Waals surface area contributed by atoms with Gasteiger partial charge in [-0.2, -0.15) is 0 Å². The molecular weight excluding hydrogens is 784 g/mol. The summed E-state index contributed by atoms with van der Waals surface area (Å²) in [6.07, 6.45) is -0.376. The molecule has 0 aliphatic heterocycles. The predicted octanol–water partition coefficient (Wildman–Crippen LogP) is -3.51. The fourth-order valence-electron chi connectivity index (χ4n) is 5.95. The van der Waals surface area contributed by atoms with Gasteiger partial charge in [-0.1, -0.05) is 44.2 Å². The molecule has 1 aromatic rings. The molecule has 7 amide bonds. The predicted molar refractivity (Wildman–Crippen MR) is 220 cm³/mol. The maximum atomic E-state index is 14.0. The van der Waals surface area contributed by atoms with Crippen molar-refractivity contribution in [3.63, 3.8) is 0 Å². The highest BCUT2D eigenvalue weighted by Crippen LogP contribution is 2.10. The Morgan fingerprint density at radius 3 is 1.57 bits per heavy atom. The second-order valence-corrected chi connectivity index (χ2v) is 15.1. The molecule has 0 spiro atoms. The van der Waals surface area contributed by atoms with Crippen molar-refractivity contribution in [2.45, 2.75) is 133 Å². The van der Waals surface area contributed by atoms with Gasteiger partial charge in [0, 0.05) is 12.8 Å². The van der Waals surface area contributed by atoms with Crippen LogP contribution in [0.3, 0.4) is 0 Å². The molecule has 0 radical (unpaired) electrons. The Morgan fingerprint density at radius 1 is 0.617 bits per heavy atom. The summed E-state index contributed by atoms with van der Waals surface area (Å²) in [7, 11) is 0. The number of rotatable bonds is 30. The van der Waals surface area contributed by atoms with Gasteiger partial charge in [0.1, 0.15) is 36.3 Å². The van der Waals surface area contributed by atoms with Gasteiger partial charge in [0.25, 0.3) is 0 Å². The number of aliphatic hydroxyl groups excluding tert-OH is 2. The van der Waals surface area contributed by atoms with Gasteiger partial charge in [-0.15, -0.1) is 0 Å². The van der Waals surface area contributed by atoms with Crippen LogP contribution in [-0.4, -0.2) is 131 Å². The number of carbonyl (C=O) groups excluding carboxylic acids is 7. The third-order valence-corrected chi connectivity index (χ3v) is 9.31. The summed E-state index contributed by atoms with van der Waals surface area (Å²) in [6, 6.07) is -1.29. The molecule has 338 valence electrons. The van der Waals surface area contributed by atoms with E-state index in [2.05, 4.69) is 31.9 Å². The Kier molecular flexibility index (Phi) is 24.9. The van der Waals surface area contributed by atoms with E-state index in [0.29, 0.717) is 37.8 Å². The van der Waals surface area contributed by atoms with Crippen LogP contribution in [-0.2, 0) is 44.8 Å². The number of carboxylic acids is 1. The van der Waals surface area contributed by atoms with Crippen LogP contribution in [0.25, 0.3) is 0 Å². The molecule has 1 rings (SSSR count). The molecule has 1 aromatic carbocycles. The van der Waals surface area contributed by atoms with Gasteiger partial charge >= 0.3 is 5.97 Å². The third kappa shape index (κ3) is 20.2. The van der Waals surface area contributed by atoms with Gasteiger partial charge in [0.2, 0.25) is 41.4 Å². The van der Waals surface area contributed by atoms with Gasteiger partial charge in [0.15, 0.2) is 0 Å². The maximum absolute atomic E-state index is 14.0. The van der Waals surface area contributed by atoms with Crippen LogP contribution < -0.4 is 54.8 Å². The van der Waals surface area contributed by atoms with Gasteiger partial charge < -0.3 is 70.2 Å². The summed E-state index contributed by atoms with van der Waals surface area (Å²) >= 11 is 0. The highest BCUT2D eigenvalue weighted by Gasteiger charge is 2.35. The minimum atomic E-state index is -1.64. The first-order chi connectivity index (χ1) is 28.3. The summed E-state index contributed by atoms with van der Waals surface area (Å²) in [5.41, 5.74) is 23.0. The smallest absolute Gasteiger partial charge is 0.326 e. The van der Waals surface area contributed by atoms with E-state index in [9.17, 15) is 53.7 Å². The highest BCUT2D eigenvalue weighted by molar-refractivity contribution is 5.97. The van der Waals surface area contributed by atoms with Crippen LogP contribution in [0.15, 0.2) is 30.3 Å². The number of hydrogen-bond donors (Lipinski definition) is 13. The topological polar surface area (TPSA) is 374 Å². The fraction of sp³-hybridized carbons (Fsp3) is 0.641. The van der Waals surface area contributed by atoms with E-state index < -0.39 is 102 Å². The quantitative estimate of drug-likeness (QED) is 0.0334. The minimum Gasteiger partial charge on any atom is -0.480 e. The van der Waals surface area contributed by atoms with E-state index in [1.807, 2.05) is 13.8 Å². The first-order valence-corrected chi connectivity index (χ1v) is 20.2. The molecular formula is C39H66N10O11. The molecule has 21 heteroatoms. The lowest BCUT2D eigenvalue weighted by Crippen LogP contribution is -2.61. The molecule has 0 saturated carbocycles. The van der Waals surface area contributed by atoms with E-state index in [1.165, 1.54) is 6.92 Å². The van der Waals surface area contributed by atoms with Gasteiger partial charge in [-0.3, -0.25) is 33.6 Å². The van der Waals surface area contributed by atoms with Crippen molar-refractivity contribution < 1.29 is 53.7 Å².